The first-order valence-electron chi connectivity index (χ1n) is 7.77. The fraction of sp³-hybridized carbons (Fsp3) is 0.333. The molecule has 1 aromatic heterocycles. The molecule has 2 rings (SSSR count). The Bertz CT molecular complexity index is 752. The first-order chi connectivity index (χ1) is 11.9. The Labute approximate surface area is 151 Å². The van der Waals surface area contributed by atoms with Gasteiger partial charge in [0.05, 0.1) is 6.54 Å². The molecule has 1 amide bonds. The van der Waals surface area contributed by atoms with Crippen molar-refractivity contribution in [3.05, 3.63) is 51.9 Å². The summed E-state index contributed by atoms with van der Waals surface area (Å²) in [6, 6.07) is 6.92. The van der Waals surface area contributed by atoms with Gasteiger partial charge in [-0.15, -0.1) is 0 Å². The fourth-order valence-electron chi connectivity index (χ4n) is 2.24. The summed E-state index contributed by atoms with van der Waals surface area (Å²) >= 11 is 5.78. The third kappa shape index (κ3) is 5.26. The summed E-state index contributed by atoms with van der Waals surface area (Å²) in [4.78, 5) is 23.8. The third-order valence-corrected chi connectivity index (χ3v) is 3.86. The minimum atomic E-state index is -0.570. The van der Waals surface area contributed by atoms with Gasteiger partial charge >= 0.3 is 5.97 Å². The number of hydrogen-bond donors (Lipinski definition) is 1. The molecule has 1 aromatic carbocycles. The summed E-state index contributed by atoms with van der Waals surface area (Å²) in [6.07, 6.45) is 0. The molecule has 6 nitrogen and oxygen atoms in total. The van der Waals surface area contributed by atoms with E-state index in [2.05, 4.69) is 5.32 Å². The average Bonchev–Trinajstić information content (AvgIpc) is 2.83. The van der Waals surface area contributed by atoms with Crippen LogP contribution in [0.25, 0.3) is 0 Å². The molecule has 134 valence electrons. The third-order valence-electron chi connectivity index (χ3n) is 3.61. The Kier molecular flexibility index (Phi) is 6.47. The standard InChI is InChI=1S/C18H20ClNO5/c1-11-12(2)25-13(3)17(11)18(22)24-10-16(21)20-8-9-23-15-6-4-14(19)5-7-15/h4-7H,8-10H2,1-3H3,(H,20,21). The van der Waals surface area contributed by atoms with E-state index in [0.717, 1.165) is 5.56 Å². The zero-order valence-electron chi connectivity index (χ0n) is 14.3. The van der Waals surface area contributed by atoms with Crippen molar-refractivity contribution in [1.29, 1.82) is 0 Å². The van der Waals surface area contributed by atoms with Crippen molar-refractivity contribution in [1.82, 2.24) is 5.32 Å². The Hall–Kier alpha value is -2.47. The van der Waals surface area contributed by atoms with Crippen LogP contribution in [0.4, 0.5) is 0 Å². The number of aryl methyl sites for hydroxylation is 2. The predicted molar refractivity (Wildman–Crippen MR) is 93.2 cm³/mol. The SMILES string of the molecule is Cc1oc(C)c(C(=O)OCC(=O)NCCOc2ccc(Cl)cc2)c1C. The van der Waals surface area contributed by atoms with Gasteiger partial charge in [0, 0.05) is 10.6 Å². The van der Waals surface area contributed by atoms with E-state index in [1.54, 1.807) is 45.0 Å². The highest BCUT2D eigenvalue weighted by molar-refractivity contribution is 6.30. The lowest BCUT2D eigenvalue weighted by Crippen LogP contribution is -2.32. The van der Waals surface area contributed by atoms with Gasteiger partial charge in [0.15, 0.2) is 6.61 Å². The predicted octanol–water partition coefficient (Wildman–Crippen LogP) is 3.21. The van der Waals surface area contributed by atoms with E-state index < -0.39 is 11.9 Å². The van der Waals surface area contributed by atoms with Crippen LogP contribution in [0.15, 0.2) is 28.7 Å². The molecule has 0 aliphatic heterocycles. The van der Waals surface area contributed by atoms with Gasteiger partial charge < -0.3 is 19.2 Å². The lowest BCUT2D eigenvalue weighted by molar-refractivity contribution is -0.124. The molecule has 0 saturated carbocycles. The molecule has 0 fully saturated rings. The molecule has 0 radical (unpaired) electrons. The van der Waals surface area contributed by atoms with Gasteiger partial charge in [0.25, 0.3) is 5.91 Å². The topological polar surface area (TPSA) is 77.8 Å². The van der Waals surface area contributed by atoms with Gasteiger partial charge in [0.1, 0.15) is 29.4 Å². The Balaban J connectivity index is 1.70. The summed E-state index contributed by atoms with van der Waals surface area (Å²) in [6.45, 7) is 5.46. The Morgan fingerprint density at radius 1 is 1.12 bits per heavy atom. The zero-order chi connectivity index (χ0) is 18.4. The molecular formula is C18H20ClNO5. The maximum Gasteiger partial charge on any atom is 0.342 e. The molecule has 7 heteroatoms. The summed E-state index contributed by atoms with van der Waals surface area (Å²) in [5.74, 6) is 0.833. The fourth-order valence-corrected chi connectivity index (χ4v) is 2.36. The van der Waals surface area contributed by atoms with E-state index in [1.165, 1.54) is 0 Å². The number of hydrogen-bond acceptors (Lipinski definition) is 5. The van der Waals surface area contributed by atoms with Crippen LogP contribution in [0.5, 0.6) is 5.75 Å². The van der Waals surface area contributed by atoms with Crippen molar-refractivity contribution < 1.29 is 23.5 Å². The smallest absolute Gasteiger partial charge is 0.342 e. The largest absolute Gasteiger partial charge is 0.492 e. The number of benzene rings is 1. The highest BCUT2D eigenvalue weighted by Gasteiger charge is 2.20. The van der Waals surface area contributed by atoms with Gasteiger partial charge in [-0.25, -0.2) is 4.79 Å². The molecule has 0 aliphatic carbocycles. The average molecular weight is 366 g/mol. The summed E-state index contributed by atoms with van der Waals surface area (Å²) in [5.41, 5.74) is 1.09. The molecule has 1 N–H and O–H groups in total. The molecule has 1 heterocycles. The highest BCUT2D eigenvalue weighted by Crippen LogP contribution is 2.21. The van der Waals surface area contributed by atoms with Crippen molar-refractivity contribution in [3.63, 3.8) is 0 Å². The molecule has 0 saturated heterocycles. The van der Waals surface area contributed by atoms with Gasteiger partial charge in [-0.1, -0.05) is 11.6 Å². The van der Waals surface area contributed by atoms with Crippen LogP contribution >= 0.6 is 11.6 Å². The second kappa shape index (κ2) is 8.58. The van der Waals surface area contributed by atoms with Gasteiger partial charge in [-0.2, -0.15) is 0 Å². The number of carbonyl (C=O) groups is 2. The Morgan fingerprint density at radius 2 is 1.80 bits per heavy atom. The van der Waals surface area contributed by atoms with Crippen molar-refractivity contribution >= 4 is 23.5 Å². The van der Waals surface area contributed by atoms with E-state index in [-0.39, 0.29) is 6.61 Å². The van der Waals surface area contributed by atoms with Gasteiger partial charge in [0.2, 0.25) is 0 Å². The Morgan fingerprint density at radius 3 is 2.40 bits per heavy atom. The highest BCUT2D eigenvalue weighted by atomic mass is 35.5. The number of rotatable bonds is 7. The summed E-state index contributed by atoms with van der Waals surface area (Å²) in [7, 11) is 0. The zero-order valence-corrected chi connectivity index (χ0v) is 15.1. The van der Waals surface area contributed by atoms with Crippen LogP contribution in [-0.2, 0) is 9.53 Å². The van der Waals surface area contributed by atoms with Crippen LogP contribution in [0.3, 0.4) is 0 Å². The molecule has 0 bridgehead atoms. The van der Waals surface area contributed by atoms with Gasteiger partial charge in [-0.05, 0) is 45.0 Å². The summed E-state index contributed by atoms with van der Waals surface area (Å²) < 4.78 is 15.8. The minimum absolute atomic E-state index is 0.292. The quantitative estimate of drug-likeness (QED) is 0.602. The van der Waals surface area contributed by atoms with Crippen LogP contribution in [0.1, 0.15) is 27.4 Å². The van der Waals surface area contributed by atoms with E-state index in [9.17, 15) is 9.59 Å². The number of carbonyl (C=O) groups excluding carboxylic acids is 2. The second-order valence-corrected chi connectivity index (χ2v) is 5.88. The van der Waals surface area contributed by atoms with E-state index >= 15 is 0 Å². The van der Waals surface area contributed by atoms with Crippen molar-refractivity contribution in [2.45, 2.75) is 20.8 Å². The maximum absolute atomic E-state index is 12.0. The number of esters is 1. The number of furan rings is 1. The van der Waals surface area contributed by atoms with Crippen LogP contribution in [0, 0.1) is 20.8 Å². The minimum Gasteiger partial charge on any atom is -0.492 e. The molecule has 0 atom stereocenters. The number of ether oxygens (including phenoxy) is 2. The number of amides is 1. The molecule has 0 unspecified atom stereocenters. The first-order valence-corrected chi connectivity index (χ1v) is 8.15. The first kappa shape index (κ1) is 18.9. The van der Waals surface area contributed by atoms with Crippen molar-refractivity contribution in [2.24, 2.45) is 0 Å². The second-order valence-electron chi connectivity index (χ2n) is 5.44. The summed E-state index contributed by atoms with van der Waals surface area (Å²) in [5, 5.41) is 3.24. The van der Waals surface area contributed by atoms with E-state index in [1.807, 2.05) is 0 Å². The maximum atomic E-state index is 12.0. The molecular weight excluding hydrogens is 346 g/mol. The monoisotopic (exact) mass is 365 g/mol. The van der Waals surface area contributed by atoms with Crippen molar-refractivity contribution in [3.8, 4) is 5.75 Å². The van der Waals surface area contributed by atoms with Crippen molar-refractivity contribution in [2.75, 3.05) is 19.8 Å². The number of halogens is 1. The lowest BCUT2D eigenvalue weighted by Gasteiger charge is -2.08. The molecule has 25 heavy (non-hydrogen) atoms. The van der Waals surface area contributed by atoms with Crippen LogP contribution in [0.2, 0.25) is 5.02 Å². The molecule has 0 spiro atoms. The molecule has 0 aliphatic rings. The lowest BCUT2D eigenvalue weighted by atomic mass is 10.1. The number of nitrogens with one attached hydrogen (secondary N) is 1. The normalized spacial score (nSPS) is 10.4. The molecule has 2 aromatic rings. The van der Waals surface area contributed by atoms with E-state index in [4.69, 9.17) is 25.5 Å². The van der Waals surface area contributed by atoms with E-state index in [0.29, 0.717) is 41.0 Å². The van der Waals surface area contributed by atoms with Crippen LogP contribution in [-0.4, -0.2) is 31.6 Å². The van der Waals surface area contributed by atoms with Crippen LogP contribution < -0.4 is 10.1 Å². The van der Waals surface area contributed by atoms with Gasteiger partial charge in [-0.3, -0.25) is 4.79 Å².